The molecule has 1 fully saturated rings. The van der Waals surface area contributed by atoms with E-state index < -0.39 is 0 Å². The Morgan fingerprint density at radius 1 is 1.63 bits per heavy atom. The second-order valence-corrected chi connectivity index (χ2v) is 6.10. The van der Waals surface area contributed by atoms with Crippen molar-refractivity contribution in [3.05, 3.63) is 27.1 Å². The molecule has 2 heterocycles. The van der Waals surface area contributed by atoms with Crippen LogP contribution in [0.1, 0.15) is 31.7 Å². The summed E-state index contributed by atoms with van der Waals surface area (Å²) in [6, 6.07) is 2.10. The van der Waals surface area contributed by atoms with Gasteiger partial charge in [0, 0.05) is 30.6 Å². The normalized spacial score (nSPS) is 24.5. The Labute approximate surface area is 117 Å². The van der Waals surface area contributed by atoms with Crippen LogP contribution in [0.25, 0.3) is 0 Å². The van der Waals surface area contributed by atoms with E-state index in [4.69, 9.17) is 5.73 Å². The number of hydrogen-bond acceptors (Lipinski definition) is 5. The van der Waals surface area contributed by atoms with Gasteiger partial charge in [0.25, 0.3) is 0 Å². The average Bonchev–Trinajstić information content (AvgIpc) is 2.88. The van der Waals surface area contributed by atoms with Crippen LogP contribution < -0.4 is 5.73 Å². The Hall–Kier alpha value is -0.980. The topological polar surface area (TPSA) is 72.4 Å². The average molecular weight is 283 g/mol. The molecule has 1 aliphatic rings. The monoisotopic (exact) mass is 283 g/mol. The summed E-state index contributed by atoms with van der Waals surface area (Å²) in [6.45, 7) is 4.73. The van der Waals surface area contributed by atoms with Crippen molar-refractivity contribution in [2.45, 2.75) is 38.8 Å². The smallest absolute Gasteiger partial charge is 0.324 e. The van der Waals surface area contributed by atoms with Crippen LogP contribution in [-0.2, 0) is 6.54 Å². The van der Waals surface area contributed by atoms with E-state index in [0.29, 0.717) is 12.6 Å². The highest BCUT2D eigenvalue weighted by molar-refractivity contribution is 7.13. The van der Waals surface area contributed by atoms with E-state index in [1.54, 1.807) is 6.07 Å². The standard InChI is InChI=1S/C13H21N3O2S/c1-2-10-3-4-15(12(5-10)7-14)8-11-6-13(16(17)18)19-9-11/h6,9-10,12H,2-5,7-8,14H2,1H3. The zero-order valence-electron chi connectivity index (χ0n) is 11.2. The molecule has 6 heteroatoms. The van der Waals surface area contributed by atoms with Crippen LogP contribution in [0.4, 0.5) is 5.00 Å². The van der Waals surface area contributed by atoms with Gasteiger partial charge in [-0.3, -0.25) is 15.0 Å². The summed E-state index contributed by atoms with van der Waals surface area (Å²) in [5.41, 5.74) is 6.90. The molecule has 5 nitrogen and oxygen atoms in total. The third-order valence-corrected chi connectivity index (χ3v) is 4.93. The van der Waals surface area contributed by atoms with Crippen LogP contribution in [0.2, 0.25) is 0 Å². The van der Waals surface area contributed by atoms with Crippen molar-refractivity contribution in [1.29, 1.82) is 0 Å². The number of likely N-dealkylation sites (tertiary alicyclic amines) is 1. The Morgan fingerprint density at radius 3 is 3.00 bits per heavy atom. The lowest BCUT2D eigenvalue weighted by Crippen LogP contribution is -2.45. The molecule has 0 radical (unpaired) electrons. The van der Waals surface area contributed by atoms with Crippen molar-refractivity contribution in [3.8, 4) is 0 Å². The molecular formula is C13H21N3O2S. The highest BCUT2D eigenvalue weighted by Crippen LogP contribution is 2.28. The Balaban J connectivity index is 1.99. The molecule has 1 aromatic heterocycles. The Kier molecular flexibility index (Phi) is 4.90. The number of thiophene rings is 1. The fourth-order valence-corrected chi connectivity index (χ4v) is 3.50. The summed E-state index contributed by atoms with van der Waals surface area (Å²) in [5.74, 6) is 0.779. The Bertz CT molecular complexity index is 435. The minimum atomic E-state index is -0.322. The van der Waals surface area contributed by atoms with Gasteiger partial charge < -0.3 is 5.73 Å². The number of nitro groups is 1. The Morgan fingerprint density at radius 2 is 2.42 bits per heavy atom. The van der Waals surface area contributed by atoms with E-state index in [9.17, 15) is 10.1 Å². The number of piperidine rings is 1. The molecule has 2 unspecified atom stereocenters. The molecule has 0 aliphatic carbocycles. The largest absolute Gasteiger partial charge is 0.329 e. The van der Waals surface area contributed by atoms with Gasteiger partial charge in [0.1, 0.15) is 0 Å². The van der Waals surface area contributed by atoms with E-state index in [-0.39, 0.29) is 9.92 Å². The van der Waals surface area contributed by atoms with Gasteiger partial charge in [0.2, 0.25) is 0 Å². The fourth-order valence-electron chi connectivity index (χ4n) is 2.78. The summed E-state index contributed by atoms with van der Waals surface area (Å²) < 4.78 is 0. The SMILES string of the molecule is CCC1CCN(Cc2csc([N+](=O)[O-])c2)C(CN)C1. The van der Waals surface area contributed by atoms with Crippen molar-refractivity contribution in [1.82, 2.24) is 4.90 Å². The first-order valence-electron chi connectivity index (χ1n) is 6.80. The second-order valence-electron chi connectivity index (χ2n) is 5.21. The van der Waals surface area contributed by atoms with Gasteiger partial charge in [-0.05, 0) is 30.9 Å². The molecule has 0 bridgehead atoms. The molecule has 106 valence electrons. The lowest BCUT2D eigenvalue weighted by atomic mass is 9.88. The van der Waals surface area contributed by atoms with Crippen LogP contribution >= 0.6 is 11.3 Å². The minimum absolute atomic E-state index is 0.225. The maximum Gasteiger partial charge on any atom is 0.324 e. The molecule has 1 aromatic rings. The maximum atomic E-state index is 10.7. The van der Waals surface area contributed by atoms with Gasteiger partial charge in [-0.15, -0.1) is 0 Å². The van der Waals surface area contributed by atoms with E-state index in [0.717, 1.165) is 31.0 Å². The van der Waals surface area contributed by atoms with Gasteiger partial charge >= 0.3 is 5.00 Å². The van der Waals surface area contributed by atoms with E-state index in [2.05, 4.69) is 11.8 Å². The van der Waals surface area contributed by atoms with Crippen molar-refractivity contribution >= 4 is 16.3 Å². The van der Waals surface area contributed by atoms with Crippen LogP contribution in [0.15, 0.2) is 11.4 Å². The molecule has 2 atom stereocenters. The first-order chi connectivity index (χ1) is 9.13. The minimum Gasteiger partial charge on any atom is -0.329 e. The van der Waals surface area contributed by atoms with E-state index in [1.807, 2.05) is 5.38 Å². The zero-order chi connectivity index (χ0) is 13.8. The molecule has 1 saturated heterocycles. The molecule has 0 spiro atoms. The highest BCUT2D eigenvalue weighted by Gasteiger charge is 2.27. The van der Waals surface area contributed by atoms with Gasteiger partial charge in [0.05, 0.1) is 4.92 Å². The van der Waals surface area contributed by atoms with Gasteiger partial charge in [-0.1, -0.05) is 24.7 Å². The summed E-state index contributed by atoms with van der Waals surface area (Å²) in [6.07, 6.45) is 3.58. The van der Waals surface area contributed by atoms with Gasteiger partial charge in [-0.2, -0.15) is 0 Å². The lowest BCUT2D eigenvalue weighted by Gasteiger charge is -2.38. The molecule has 0 aromatic carbocycles. The van der Waals surface area contributed by atoms with Crippen molar-refractivity contribution in [2.24, 2.45) is 11.7 Å². The van der Waals surface area contributed by atoms with Gasteiger partial charge in [0.15, 0.2) is 0 Å². The quantitative estimate of drug-likeness (QED) is 0.666. The molecule has 2 rings (SSSR count). The molecule has 2 N–H and O–H groups in total. The van der Waals surface area contributed by atoms with Crippen LogP contribution in [0.3, 0.4) is 0 Å². The third-order valence-electron chi connectivity index (χ3n) is 4.00. The summed E-state index contributed by atoms with van der Waals surface area (Å²) >= 11 is 1.20. The van der Waals surface area contributed by atoms with Gasteiger partial charge in [-0.25, -0.2) is 0 Å². The number of nitrogens with zero attached hydrogens (tertiary/aromatic N) is 2. The van der Waals surface area contributed by atoms with Crippen molar-refractivity contribution in [3.63, 3.8) is 0 Å². The van der Waals surface area contributed by atoms with Crippen molar-refractivity contribution < 1.29 is 4.92 Å². The number of rotatable bonds is 5. The summed E-state index contributed by atoms with van der Waals surface area (Å²) in [7, 11) is 0. The predicted molar refractivity (Wildman–Crippen MR) is 77.2 cm³/mol. The molecule has 1 aliphatic heterocycles. The molecular weight excluding hydrogens is 262 g/mol. The second kappa shape index (κ2) is 6.45. The maximum absolute atomic E-state index is 10.7. The molecule has 0 amide bonds. The van der Waals surface area contributed by atoms with Crippen LogP contribution in [-0.4, -0.2) is 29.0 Å². The lowest BCUT2D eigenvalue weighted by molar-refractivity contribution is -0.380. The molecule has 0 saturated carbocycles. The molecule has 19 heavy (non-hydrogen) atoms. The first kappa shape index (κ1) is 14.4. The highest BCUT2D eigenvalue weighted by atomic mass is 32.1. The summed E-state index contributed by atoms with van der Waals surface area (Å²) in [4.78, 5) is 12.7. The van der Waals surface area contributed by atoms with E-state index >= 15 is 0 Å². The van der Waals surface area contributed by atoms with E-state index in [1.165, 1.54) is 24.2 Å². The van der Waals surface area contributed by atoms with Crippen LogP contribution in [0.5, 0.6) is 0 Å². The summed E-state index contributed by atoms with van der Waals surface area (Å²) in [5, 5.41) is 12.8. The fraction of sp³-hybridized carbons (Fsp3) is 0.692. The third kappa shape index (κ3) is 3.52. The first-order valence-corrected chi connectivity index (χ1v) is 7.68. The predicted octanol–water partition coefficient (Wildman–Crippen LogP) is 2.61. The number of hydrogen-bond donors (Lipinski definition) is 1. The number of nitrogens with two attached hydrogens (primary N) is 1. The van der Waals surface area contributed by atoms with Crippen LogP contribution in [0, 0.1) is 16.0 Å². The zero-order valence-corrected chi connectivity index (χ0v) is 12.1. The van der Waals surface area contributed by atoms with Crippen molar-refractivity contribution in [2.75, 3.05) is 13.1 Å².